The van der Waals surface area contributed by atoms with E-state index in [-0.39, 0.29) is 103 Å². The van der Waals surface area contributed by atoms with Crippen LogP contribution < -0.4 is 0 Å². The summed E-state index contributed by atoms with van der Waals surface area (Å²) in [7, 11) is 13.2. The topological polar surface area (TPSA) is 90.9 Å². The molecule has 7 rings (SSSR count). The van der Waals surface area contributed by atoms with Crippen molar-refractivity contribution in [3.05, 3.63) is 36.5 Å². The van der Waals surface area contributed by atoms with Gasteiger partial charge in [0.25, 0.3) is 0 Å². The van der Waals surface area contributed by atoms with Gasteiger partial charge in [0.2, 0.25) is 0 Å². The van der Waals surface area contributed by atoms with Crippen molar-refractivity contribution < 1.29 is 42.3 Å². The minimum absolute atomic E-state index is 0.0326. The maximum Gasteiger partial charge on any atom is 0.135 e. The van der Waals surface area contributed by atoms with Gasteiger partial charge in [0.15, 0.2) is 0 Å². The van der Waals surface area contributed by atoms with Crippen LogP contribution in [0.4, 0.5) is 0 Å². The molecule has 0 aromatic rings. The van der Waals surface area contributed by atoms with Gasteiger partial charge in [-0.25, -0.2) is 0 Å². The second-order valence-corrected chi connectivity index (χ2v) is 32.8. The lowest BCUT2D eigenvalue weighted by Gasteiger charge is -2.48. The highest BCUT2D eigenvalue weighted by Gasteiger charge is 2.59. The number of hydrogen-bond donors (Lipinski definition) is 0. The van der Waals surface area contributed by atoms with Crippen LogP contribution in [0.3, 0.4) is 0 Å². The zero-order valence-electron chi connectivity index (χ0n) is 36.1. The molecule has 7 aliphatic rings. The van der Waals surface area contributed by atoms with E-state index in [0.717, 1.165) is 83.6 Å². The summed E-state index contributed by atoms with van der Waals surface area (Å²) in [6.07, 6.45) is 10.5. The van der Waals surface area contributed by atoms with Crippen molar-refractivity contribution in [3.63, 3.8) is 0 Å². The largest absolute Gasteiger partial charge is 0.374 e. The molecule has 0 aliphatic carbocycles. The first-order valence-electron chi connectivity index (χ1n) is 22.5. The van der Waals surface area contributed by atoms with Gasteiger partial charge < -0.3 is 37.5 Å². The maximum absolute atomic E-state index is 14.3. The summed E-state index contributed by atoms with van der Waals surface area (Å²) in [6, 6.07) is 0. The number of ketones is 1. The van der Waals surface area contributed by atoms with Gasteiger partial charge in [-0.15, -0.1) is 17.2 Å². The molecule has 7 saturated heterocycles. The van der Waals surface area contributed by atoms with Gasteiger partial charge in [-0.1, -0.05) is 81.8 Å². The van der Waals surface area contributed by atoms with Crippen LogP contribution in [-0.2, 0) is 42.3 Å². The minimum Gasteiger partial charge on any atom is -0.374 e. The van der Waals surface area contributed by atoms with Gasteiger partial charge in [-0.2, -0.15) is 0 Å². The first kappa shape index (κ1) is 49.9. The lowest BCUT2D eigenvalue weighted by atomic mass is 9.78. The lowest BCUT2D eigenvalue weighted by Crippen LogP contribution is -2.61. The van der Waals surface area contributed by atoms with Crippen LogP contribution in [0.25, 0.3) is 0 Å². The molecule has 0 aromatic carbocycles. The third-order valence-corrected chi connectivity index (χ3v) is 18.4. The highest BCUT2D eigenvalue weighted by molar-refractivity contribution is 8.41. The summed E-state index contributed by atoms with van der Waals surface area (Å²) >= 11 is 0. The second-order valence-electron chi connectivity index (χ2n) is 19.1. The summed E-state index contributed by atoms with van der Waals surface area (Å²) in [5.41, 5.74) is 3.45. The lowest BCUT2D eigenvalue weighted by molar-refractivity contribution is -0.251. The Balaban J connectivity index is 1.14. The maximum atomic E-state index is 14.3. The molecule has 340 valence electrons. The normalized spacial score (nSPS) is 43.9. The van der Waals surface area contributed by atoms with Gasteiger partial charge in [-0.3, -0.25) is 4.79 Å². The molecule has 0 spiro atoms. The number of fused-ring (bicyclic) bond motifs is 7. The van der Waals surface area contributed by atoms with E-state index in [1.165, 1.54) is 18.2 Å². The number of ether oxygens (including phenoxy) is 6. The summed E-state index contributed by atoms with van der Waals surface area (Å²) in [4.78, 5) is 14.3. The fourth-order valence-electron chi connectivity index (χ4n) is 11.2. The molecular weight excluding hydrogens is 908 g/mol. The van der Waals surface area contributed by atoms with Crippen LogP contribution in [0.15, 0.2) is 36.5 Å². The smallest absolute Gasteiger partial charge is 0.135 e. The van der Waals surface area contributed by atoms with E-state index < -0.39 is 15.1 Å². The molecule has 60 heavy (non-hydrogen) atoms. The third-order valence-electron chi connectivity index (χ3n) is 14.6. The Morgan fingerprint density at radius 3 is 2.17 bits per heavy atom. The average molecular weight is 983 g/mol. The summed E-state index contributed by atoms with van der Waals surface area (Å²) < 4.78 is 54.8. The van der Waals surface area contributed by atoms with Crippen molar-refractivity contribution in [2.24, 2.45) is 23.7 Å². The summed E-state index contributed by atoms with van der Waals surface area (Å²) in [6.45, 7) is 20.5. The number of carbonyl (C=O) groups excluding carboxylic acids is 1. The standard InChI is InChI=1S/C43H74O9P8/c1-22-7-8-29-18-25(4)33(45-29)11-9-30-17-24(3)26(5)36(46-30)21-37-32(27(6)35(48-37)15-23(2)13-14-58-53)20-28(44)19-31-10-12-34-39(47-31)43(52-60(56)57)42-41(49-34)40(51-59(54)55)38(16-22)50-42/h23-24,27,29-43,58H,1,4-5,7-21,53-57H2,2-3,6H3/t23-,24-,27-,29+,30+,31-,32?,33?,34+,35-,36?,37+,38-,39+,40+,41+,42?,43+/m1/s1. The van der Waals surface area contributed by atoms with Crippen molar-refractivity contribution >= 4 is 73.7 Å². The molecular formula is C43H74O9P8. The second kappa shape index (κ2) is 22.9. The fraction of sp³-hybridized carbons (Fsp3) is 0.837. The van der Waals surface area contributed by atoms with E-state index in [0.29, 0.717) is 31.1 Å². The molecule has 0 aromatic heterocycles. The van der Waals surface area contributed by atoms with E-state index in [2.05, 4.69) is 85.2 Å². The molecule has 24 atom stereocenters. The predicted octanol–water partition coefficient (Wildman–Crippen LogP) is 11.0. The molecule has 17 heteroatoms. The summed E-state index contributed by atoms with van der Waals surface area (Å²) in [5.74, 6) is 1.51. The van der Waals surface area contributed by atoms with Gasteiger partial charge in [0, 0.05) is 19.3 Å². The molecule has 9 nitrogen and oxygen atoms in total. The Morgan fingerprint density at radius 2 is 1.42 bits per heavy atom. The van der Waals surface area contributed by atoms with Gasteiger partial charge >= 0.3 is 0 Å². The van der Waals surface area contributed by atoms with E-state index in [4.69, 9.17) is 37.5 Å². The van der Waals surface area contributed by atoms with Crippen LogP contribution in [0.5, 0.6) is 0 Å². The fourth-order valence-corrected chi connectivity index (χ4v) is 15.1. The molecule has 10 unspecified atom stereocenters. The summed E-state index contributed by atoms with van der Waals surface area (Å²) in [5, 5.41) is 0. The van der Waals surface area contributed by atoms with Gasteiger partial charge in [0.1, 0.15) is 36.3 Å². The molecule has 0 amide bonds. The van der Waals surface area contributed by atoms with E-state index >= 15 is 0 Å². The molecule has 7 aliphatic heterocycles. The van der Waals surface area contributed by atoms with Crippen LogP contribution in [-0.4, -0.2) is 97.4 Å². The third kappa shape index (κ3) is 12.6. The molecule has 0 saturated carbocycles. The Labute approximate surface area is 376 Å². The number of hydrogen-bond acceptors (Lipinski definition) is 9. The first-order valence-corrected chi connectivity index (χ1v) is 34.5. The zero-order chi connectivity index (χ0) is 42.8. The minimum atomic E-state index is -0.901. The monoisotopic (exact) mass is 982 g/mol. The molecule has 7 fully saturated rings. The average Bonchev–Trinajstić information content (AvgIpc) is 3.81. The Kier molecular flexibility index (Phi) is 19.0. The number of carbonyl (C=O) groups is 1. The van der Waals surface area contributed by atoms with Crippen LogP contribution in [0, 0.1) is 23.7 Å². The highest BCUT2D eigenvalue weighted by atomic mass is 32.4. The van der Waals surface area contributed by atoms with E-state index in [1.54, 1.807) is 0 Å². The first-order chi connectivity index (χ1) is 28.7. The molecule has 0 radical (unpaired) electrons. The molecule has 0 N–H and O–H groups in total. The quantitative estimate of drug-likeness (QED) is 0.165. The van der Waals surface area contributed by atoms with Crippen molar-refractivity contribution in [1.82, 2.24) is 0 Å². The SMILES string of the molecule is C=C1CC[C@H]2CC(=C)C(CC[C@H]3C[C@@H](C)C(=C)C(C[C@@H]4O[C@H](C[C@H](C)CCPP)[C@H](C)C4CC(=O)C[C@H]4CC[C@@H]5O[C@@H]6C(O[C@H](C1)[C@@H]6OP(P)P)[C@@H](OP(P)P)[C@H]5O4)O3)O2. The highest BCUT2D eigenvalue weighted by Crippen LogP contribution is 2.60. The van der Waals surface area contributed by atoms with Crippen molar-refractivity contribution in [2.45, 2.75) is 196 Å². The van der Waals surface area contributed by atoms with Crippen LogP contribution >= 0.6 is 68.0 Å². The van der Waals surface area contributed by atoms with Crippen molar-refractivity contribution in [3.8, 4) is 0 Å². The molecule has 8 bridgehead atoms. The van der Waals surface area contributed by atoms with Crippen LogP contribution in [0.1, 0.15) is 111 Å². The zero-order valence-corrected chi connectivity index (χ0v) is 44.6. The number of rotatable bonds is 9. The predicted molar refractivity (Wildman–Crippen MR) is 265 cm³/mol. The van der Waals surface area contributed by atoms with Crippen molar-refractivity contribution in [1.29, 1.82) is 0 Å². The molecule has 7 heterocycles. The van der Waals surface area contributed by atoms with Gasteiger partial charge in [-0.05, 0) is 112 Å². The van der Waals surface area contributed by atoms with Crippen LogP contribution in [0.2, 0.25) is 0 Å². The Hall–Kier alpha value is 2.01. The van der Waals surface area contributed by atoms with Gasteiger partial charge in [0.05, 0.1) is 70.0 Å². The number of Topliss-reactive ketones (excluding diaryl/α,β-unsaturated/α-hetero) is 1. The Morgan fingerprint density at radius 1 is 0.733 bits per heavy atom. The Bertz CT molecular complexity index is 1510. The van der Waals surface area contributed by atoms with Crippen molar-refractivity contribution in [2.75, 3.05) is 6.16 Å². The van der Waals surface area contributed by atoms with E-state index in [9.17, 15) is 4.79 Å². The van der Waals surface area contributed by atoms with E-state index in [1.807, 2.05) is 0 Å².